The number of halogens is 1. The number of benzene rings is 2. The van der Waals surface area contributed by atoms with Crippen LogP contribution in [0.1, 0.15) is 5.56 Å². The normalized spacial score (nSPS) is 15.0. The van der Waals surface area contributed by atoms with Crippen LogP contribution in [0.15, 0.2) is 47.5 Å². The molecule has 0 amide bonds. The number of hydrogen-bond acceptors (Lipinski definition) is 6. The van der Waals surface area contributed by atoms with Gasteiger partial charge in [-0.15, -0.1) is 0 Å². The molecule has 0 saturated carbocycles. The van der Waals surface area contributed by atoms with Crippen molar-refractivity contribution < 1.29 is 19.0 Å². The van der Waals surface area contributed by atoms with Crippen molar-refractivity contribution in [2.45, 2.75) is 0 Å². The fraction of sp³-hybridized carbons (Fsp3) is 0.300. The quantitative estimate of drug-likeness (QED) is 0.431. The molecular weight excluding hydrogens is 368 g/mol. The second-order valence-corrected chi connectivity index (χ2v) is 6.44. The van der Waals surface area contributed by atoms with Gasteiger partial charge >= 0.3 is 5.97 Å². The molecule has 142 valence electrons. The Morgan fingerprint density at radius 2 is 1.93 bits per heavy atom. The summed E-state index contributed by atoms with van der Waals surface area (Å²) in [4.78, 5) is 18.6. The van der Waals surface area contributed by atoms with E-state index in [0.717, 1.165) is 24.3 Å². The molecule has 0 aromatic heterocycles. The van der Waals surface area contributed by atoms with Gasteiger partial charge in [0.15, 0.2) is 11.5 Å². The minimum atomic E-state index is -0.321. The van der Waals surface area contributed by atoms with Gasteiger partial charge in [-0.25, -0.2) is 0 Å². The van der Waals surface area contributed by atoms with E-state index in [-0.39, 0.29) is 12.5 Å². The summed E-state index contributed by atoms with van der Waals surface area (Å²) >= 11 is 5.87. The maximum atomic E-state index is 12.2. The number of hydrogen-bond donors (Lipinski definition) is 0. The molecule has 6 nitrogen and oxygen atoms in total. The Labute approximate surface area is 163 Å². The summed E-state index contributed by atoms with van der Waals surface area (Å²) in [5, 5.41) is 0.666. The van der Waals surface area contributed by atoms with Crippen LogP contribution in [-0.4, -0.2) is 57.0 Å². The Balaban J connectivity index is 1.64. The van der Waals surface area contributed by atoms with E-state index in [1.54, 1.807) is 30.5 Å². The Morgan fingerprint density at radius 3 is 2.63 bits per heavy atom. The fourth-order valence-electron chi connectivity index (χ4n) is 2.62. The highest BCUT2D eigenvalue weighted by Crippen LogP contribution is 2.28. The van der Waals surface area contributed by atoms with Crippen LogP contribution in [0.2, 0.25) is 5.02 Å². The van der Waals surface area contributed by atoms with Gasteiger partial charge in [0.25, 0.3) is 0 Å². The summed E-state index contributed by atoms with van der Waals surface area (Å²) in [5.41, 5.74) is 1.62. The molecule has 2 aromatic rings. The fourth-order valence-corrected chi connectivity index (χ4v) is 2.75. The highest BCUT2D eigenvalue weighted by molar-refractivity contribution is 6.30. The summed E-state index contributed by atoms with van der Waals surface area (Å²) < 4.78 is 16.1. The number of carbonyl (C=O) groups excluding carboxylic acids is 1. The van der Waals surface area contributed by atoms with Gasteiger partial charge in [0.05, 0.1) is 32.6 Å². The molecule has 1 aliphatic heterocycles. The van der Waals surface area contributed by atoms with Gasteiger partial charge in [0, 0.05) is 24.3 Å². The molecule has 1 fully saturated rings. The first-order valence-corrected chi connectivity index (χ1v) is 9.00. The molecule has 0 bridgehead atoms. The molecule has 1 saturated heterocycles. The predicted octanol–water partition coefficient (Wildman–Crippen LogP) is 3.34. The van der Waals surface area contributed by atoms with Gasteiger partial charge in [-0.3, -0.25) is 14.7 Å². The van der Waals surface area contributed by atoms with Crippen molar-refractivity contribution in [2.75, 3.05) is 40.0 Å². The van der Waals surface area contributed by atoms with Gasteiger partial charge in [-0.2, -0.15) is 0 Å². The maximum Gasteiger partial charge on any atom is 0.325 e. The molecule has 0 spiro atoms. The van der Waals surface area contributed by atoms with Crippen molar-refractivity contribution in [1.29, 1.82) is 0 Å². The van der Waals surface area contributed by atoms with E-state index in [4.69, 9.17) is 25.8 Å². The average molecular weight is 389 g/mol. The van der Waals surface area contributed by atoms with Crippen LogP contribution in [-0.2, 0) is 9.53 Å². The second kappa shape index (κ2) is 9.50. The standard InChI is InChI=1S/C20H21ClN2O4/c1-25-19-12-15(13-22-17-5-3-16(21)4-6-17)2-7-18(19)27-20(24)14-23-8-10-26-11-9-23/h2-7,12-13H,8-11,14H2,1H3. The molecule has 0 aliphatic carbocycles. The van der Waals surface area contributed by atoms with Crippen LogP contribution in [0, 0.1) is 0 Å². The maximum absolute atomic E-state index is 12.2. The van der Waals surface area contributed by atoms with Gasteiger partial charge < -0.3 is 14.2 Å². The Morgan fingerprint density at radius 1 is 1.19 bits per heavy atom. The van der Waals surface area contributed by atoms with E-state index in [0.29, 0.717) is 29.7 Å². The van der Waals surface area contributed by atoms with Crippen LogP contribution in [0.3, 0.4) is 0 Å². The van der Waals surface area contributed by atoms with Gasteiger partial charge in [0.1, 0.15) is 0 Å². The molecular formula is C20H21ClN2O4. The Kier molecular flexibility index (Phi) is 6.81. The number of ether oxygens (including phenoxy) is 3. The Hall–Kier alpha value is -2.41. The van der Waals surface area contributed by atoms with E-state index in [1.807, 2.05) is 23.1 Å². The zero-order chi connectivity index (χ0) is 19.1. The number of methoxy groups -OCH3 is 1. The van der Waals surface area contributed by atoms with Crippen LogP contribution in [0.4, 0.5) is 5.69 Å². The third-order valence-electron chi connectivity index (χ3n) is 4.06. The predicted molar refractivity (Wildman–Crippen MR) is 105 cm³/mol. The van der Waals surface area contributed by atoms with Crippen molar-refractivity contribution >= 4 is 29.5 Å². The zero-order valence-corrected chi connectivity index (χ0v) is 15.8. The van der Waals surface area contributed by atoms with Crippen molar-refractivity contribution in [3.05, 3.63) is 53.1 Å². The summed E-state index contributed by atoms with van der Waals surface area (Å²) in [6, 6.07) is 12.5. The average Bonchev–Trinajstić information content (AvgIpc) is 2.69. The summed E-state index contributed by atoms with van der Waals surface area (Å²) in [6.45, 7) is 2.96. The molecule has 7 heteroatoms. The SMILES string of the molecule is COc1cc(C=Nc2ccc(Cl)cc2)ccc1OC(=O)CN1CCOCC1. The minimum Gasteiger partial charge on any atom is -0.493 e. The van der Waals surface area contributed by atoms with E-state index in [2.05, 4.69) is 4.99 Å². The van der Waals surface area contributed by atoms with E-state index in [9.17, 15) is 4.79 Å². The number of carbonyl (C=O) groups is 1. The Bertz CT molecular complexity index is 802. The van der Waals surface area contributed by atoms with Gasteiger partial charge in [0.2, 0.25) is 0 Å². The molecule has 0 N–H and O–H groups in total. The molecule has 0 atom stereocenters. The number of nitrogens with zero attached hydrogens (tertiary/aromatic N) is 2. The van der Waals surface area contributed by atoms with Crippen molar-refractivity contribution in [1.82, 2.24) is 4.90 Å². The smallest absolute Gasteiger partial charge is 0.325 e. The lowest BCUT2D eigenvalue weighted by Crippen LogP contribution is -2.40. The molecule has 1 heterocycles. The number of morpholine rings is 1. The number of esters is 1. The molecule has 27 heavy (non-hydrogen) atoms. The number of rotatable bonds is 6. The van der Waals surface area contributed by atoms with Crippen molar-refractivity contribution in [3.8, 4) is 11.5 Å². The lowest BCUT2D eigenvalue weighted by molar-refractivity contribution is -0.136. The highest BCUT2D eigenvalue weighted by atomic mass is 35.5. The largest absolute Gasteiger partial charge is 0.493 e. The summed E-state index contributed by atoms with van der Waals surface area (Å²) in [7, 11) is 1.54. The first-order chi connectivity index (χ1) is 13.1. The lowest BCUT2D eigenvalue weighted by atomic mass is 10.2. The summed E-state index contributed by atoms with van der Waals surface area (Å²) in [5.74, 6) is 0.544. The molecule has 2 aromatic carbocycles. The van der Waals surface area contributed by atoms with Crippen LogP contribution in [0.5, 0.6) is 11.5 Å². The molecule has 3 rings (SSSR count). The number of aliphatic imine (C=N–C) groups is 1. The molecule has 1 aliphatic rings. The monoisotopic (exact) mass is 388 g/mol. The first kappa shape index (κ1) is 19.4. The topological polar surface area (TPSA) is 60.4 Å². The lowest BCUT2D eigenvalue weighted by Gasteiger charge is -2.25. The third-order valence-corrected chi connectivity index (χ3v) is 4.31. The zero-order valence-electron chi connectivity index (χ0n) is 15.1. The first-order valence-electron chi connectivity index (χ1n) is 8.62. The van der Waals surface area contributed by atoms with E-state index in [1.165, 1.54) is 7.11 Å². The van der Waals surface area contributed by atoms with E-state index >= 15 is 0 Å². The molecule has 0 radical (unpaired) electrons. The van der Waals surface area contributed by atoms with Gasteiger partial charge in [-0.1, -0.05) is 11.6 Å². The van der Waals surface area contributed by atoms with Crippen LogP contribution >= 0.6 is 11.6 Å². The van der Waals surface area contributed by atoms with Crippen LogP contribution < -0.4 is 9.47 Å². The molecule has 0 unspecified atom stereocenters. The van der Waals surface area contributed by atoms with Crippen molar-refractivity contribution in [2.24, 2.45) is 4.99 Å². The highest BCUT2D eigenvalue weighted by Gasteiger charge is 2.17. The minimum absolute atomic E-state index is 0.228. The summed E-state index contributed by atoms with van der Waals surface area (Å²) in [6.07, 6.45) is 1.71. The van der Waals surface area contributed by atoms with Crippen LogP contribution in [0.25, 0.3) is 0 Å². The van der Waals surface area contributed by atoms with E-state index < -0.39 is 0 Å². The third kappa shape index (κ3) is 5.79. The van der Waals surface area contributed by atoms with Gasteiger partial charge in [-0.05, 0) is 48.0 Å². The second-order valence-electron chi connectivity index (χ2n) is 6.01. The van der Waals surface area contributed by atoms with Crippen molar-refractivity contribution in [3.63, 3.8) is 0 Å².